The minimum Gasteiger partial charge on any atom is -0.303 e. The van der Waals surface area contributed by atoms with E-state index in [1.165, 1.54) is 37.9 Å². The van der Waals surface area contributed by atoms with Gasteiger partial charge in [0, 0.05) is 25.6 Å². The number of carbonyl (C=O) groups excluding carboxylic acids is 1. The Bertz CT molecular complexity index is 445. The Morgan fingerprint density at radius 3 is 2.26 bits per heavy atom. The highest BCUT2D eigenvalue weighted by Gasteiger charge is 2.11. The molecule has 2 heterocycles. The van der Waals surface area contributed by atoms with Gasteiger partial charge in [-0.05, 0) is 50.4 Å². The molecule has 1 aliphatic rings. The molecular formula is C19H35N3O. The van der Waals surface area contributed by atoms with Gasteiger partial charge in [0.1, 0.15) is 5.78 Å². The van der Waals surface area contributed by atoms with E-state index < -0.39 is 0 Å². The number of rotatable bonds is 6. The zero-order valence-corrected chi connectivity index (χ0v) is 15.7. The van der Waals surface area contributed by atoms with Crippen LogP contribution in [-0.2, 0) is 11.8 Å². The number of aromatic nitrogens is 2. The number of ketones is 1. The molecule has 4 heteroatoms. The maximum atomic E-state index is 11.4. The summed E-state index contributed by atoms with van der Waals surface area (Å²) in [6.07, 6.45) is 9.86. The van der Waals surface area contributed by atoms with Crippen LogP contribution in [0.2, 0.25) is 0 Å². The number of likely N-dealkylation sites (tertiary alicyclic amines) is 1. The van der Waals surface area contributed by atoms with Crippen LogP contribution in [0.25, 0.3) is 0 Å². The smallest absolute Gasteiger partial charge is 0.135 e. The third kappa shape index (κ3) is 8.31. The van der Waals surface area contributed by atoms with Crippen LogP contribution >= 0.6 is 0 Å². The second kappa shape index (κ2) is 10.6. The van der Waals surface area contributed by atoms with Crippen molar-refractivity contribution in [2.45, 2.75) is 65.7 Å². The number of nitrogens with zero attached hydrogens (tertiary/aromatic N) is 3. The van der Waals surface area contributed by atoms with Gasteiger partial charge in [0.2, 0.25) is 0 Å². The highest BCUT2D eigenvalue weighted by atomic mass is 16.1. The summed E-state index contributed by atoms with van der Waals surface area (Å²) in [5.74, 6) is 1.23. The molecule has 1 aliphatic heterocycles. The van der Waals surface area contributed by atoms with Gasteiger partial charge in [-0.3, -0.25) is 9.48 Å². The molecule has 0 unspecified atom stereocenters. The molecule has 0 saturated carbocycles. The maximum absolute atomic E-state index is 11.4. The number of hydrogen-bond acceptors (Lipinski definition) is 3. The molecule has 0 spiro atoms. The standard InChI is InChI=1S/C12H23NO.C7H12N2/c1-11(2)12(14)7-6-10-13-8-4-3-5-9-13;1-6(2)7-4-8-9(3)5-7/h11H,3-10H2,1-2H3;4-6H,1-3H3. The van der Waals surface area contributed by atoms with E-state index in [-0.39, 0.29) is 5.92 Å². The fourth-order valence-corrected chi connectivity index (χ4v) is 2.69. The second-order valence-corrected chi connectivity index (χ2v) is 7.23. The SMILES string of the molecule is CC(C)C(=O)CCCN1CCCCC1.CC(C)c1cnn(C)c1. The van der Waals surface area contributed by atoms with Crippen molar-refractivity contribution in [1.82, 2.24) is 14.7 Å². The summed E-state index contributed by atoms with van der Waals surface area (Å²) in [6.45, 7) is 11.9. The molecule has 1 aromatic heterocycles. The summed E-state index contributed by atoms with van der Waals surface area (Å²) in [4.78, 5) is 13.9. The summed E-state index contributed by atoms with van der Waals surface area (Å²) < 4.78 is 1.83. The minimum absolute atomic E-state index is 0.219. The summed E-state index contributed by atoms with van der Waals surface area (Å²) in [5, 5.41) is 4.05. The number of hydrogen-bond donors (Lipinski definition) is 0. The molecule has 0 bridgehead atoms. The van der Waals surface area contributed by atoms with Crippen molar-refractivity contribution >= 4 is 5.78 Å². The molecule has 0 radical (unpaired) electrons. The molecule has 1 saturated heterocycles. The average Bonchev–Trinajstić information content (AvgIpc) is 2.96. The predicted octanol–water partition coefficient (Wildman–Crippen LogP) is 4.02. The van der Waals surface area contributed by atoms with Crippen LogP contribution in [0.5, 0.6) is 0 Å². The highest BCUT2D eigenvalue weighted by Crippen LogP contribution is 2.11. The van der Waals surface area contributed by atoms with Gasteiger partial charge in [-0.1, -0.05) is 34.1 Å². The summed E-state index contributed by atoms with van der Waals surface area (Å²) in [6, 6.07) is 0. The minimum atomic E-state index is 0.219. The van der Waals surface area contributed by atoms with Crippen LogP contribution in [0.1, 0.15) is 71.3 Å². The van der Waals surface area contributed by atoms with Gasteiger partial charge >= 0.3 is 0 Å². The lowest BCUT2D eigenvalue weighted by Gasteiger charge is -2.26. The van der Waals surface area contributed by atoms with Crippen LogP contribution < -0.4 is 0 Å². The predicted molar refractivity (Wildman–Crippen MR) is 96.7 cm³/mol. The van der Waals surface area contributed by atoms with Crippen molar-refractivity contribution in [3.63, 3.8) is 0 Å². The van der Waals surface area contributed by atoms with Gasteiger partial charge in [0.05, 0.1) is 6.20 Å². The van der Waals surface area contributed by atoms with Crippen LogP contribution in [0.4, 0.5) is 0 Å². The Morgan fingerprint density at radius 1 is 1.17 bits per heavy atom. The zero-order chi connectivity index (χ0) is 17.2. The molecule has 0 N–H and O–H groups in total. The first-order chi connectivity index (χ1) is 10.9. The van der Waals surface area contributed by atoms with Crippen LogP contribution in [0.3, 0.4) is 0 Å². The Hall–Kier alpha value is -1.16. The van der Waals surface area contributed by atoms with E-state index in [0.717, 1.165) is 19.4 Å². The number of Topliss-reactive ketones (excluding diaryl/α,β-unsaturated/α-hetero) is 1. The number of piperidine rings is 1. The molecule has 132 valence electrons. The first kappa shape index (κ1) is 19.9. The van der Waals surface area contributed by atoms with Crippen molar-refractivity contribution in [2.24, 2.45) is 13.0 Å². The third-order valence-corrected chi connectivity index (χ3v) is 4.38. The van der Waals surface area contributed by atoms with Crippen LogP contribution in [0, 0.1) is 5.92 Å². The second-order valence-electron chi connectivity index (χ2n) is 7.23. The summed E-state index contributed by atoms with van der Waals surface area (Å²) in [5.41, 5.74) is 1.30. The lowest BCUT2D eigenvalue weighted by atomic mass is 10.0. The average molecular weight is 322 g/mol. The molecule has 1 fully saturated rings. The Morgan fingerprint density at radius 2 is 1.83 bits per heavy atom. The van der Waals surface area contributed by atoms with E-state index in [9.17, 15) is 4.79 Å². The largest absolute Gasteiger partial charge is 0.303 e. The van der Waals surface area contributed by atoms with Gasteiger partial charge in [-0.2, -0.15) is 5.10 Å². The van der Waals surface area contributed by atoms with E-state index in [1.807, 2.05) is 38.0 Å². The highest BCUT2D eigenvalue weighted by molar-refractivity contribution is 5.80. The van der Waals surface area contributed by atoms with E-state index in [1.54, 1.807) is 0 Å². The maximum Gasteiger partial charge on any atom is 0.135 e. The van der Waals surface area contributed by atoms with E-state index in [0.29, 0.717) is 11.7 Å². The summed E-state index contributed by atoms with van der Waals surface area (Å²) in [7, 11) is 1.94. The molecule has 0 aromatic carbocycles. The molecule has 0 atom stereocenters. The molecule has 0 amide bonds. The molecule has 4 nitrogen and oxygen atoms in total. The van der Waals surface area contributed by atoms with Crippen molar-refractivity contribution in [2.75, 3.05) is 19.6 Å². The van der Waals surface area contributed by atoms with Crippen LogP contribution in [-0.4, -0.2) is 40.1 Å². The fourth-order valence-electron chi connectivity index (χ4n) is 2.69. The van der Waals surface area contributed by atoms with Gasteiger partial charge < -0.3 is 4.90 Å². The van der Waals surface area contributed by atoms with Gasteiger partial charge in [-0.25, -0.2) is 0 Å². The van der Waals surface area contributed by atoms with Crippen LogP contribution in [0.15, 0.2) is 12.4 Å². The number of carbonyl (C=O) groups is 1. The van der Waals surface area contributed by atoms with E-state index in [4.69, 9.17) is 0 Å². The number of aryl methyl sites for hydroxylation is 1. The third-order valence-electron chi connectivity index (χ3n) is 4.38. The quantitative estimate of drug-likeness (QED) is 0.794. The fraction of sp³-hybridized carbons (Fsp3) is 0.789. The normalized spacial score (nSPS) is 15.6. The zero-order valence-electron chi connectivity index (χ0n) is 15.7. The Labute approximate surface area is 142 Å². The van der Waals surface area contributed by atoms with E-state index >= 15 is 0 Å². The topological polar surface area (TPSA) is 38.1 Å². The van der Waals surface area contributed by atoms with Gasteiger partial charge in [0.15, 0.2) is 0 Å². The van der Waals surface area contributed by atoms with Crippen molar-refractivity contribution in [3.05, 3.63) is 18.0 Å². The molecule has 23 heavy (non-hydrogen) atoms. The van der Waals surface area contributed by atoms with Crippen molar-refractivity contribution in [1.29, 1.82) is 0 Å². The first-order valence-electron chi connectivity index (χ1n) is 9.13. The molecule has 1 aromatic rings. The van der Waals surface area contributed by atoms with E-state index in [2.05, 4.69) is 23.8 Å². The van der Waals surface area contributed by atoms with Crippen molar-refractivity contribution in [3.8, 4) is 0 Å². The van der Waals surface area contributed by atoms with Crippen molar-refractivity contribution < 1.29 is 4.79 Å². The molecule has 0 aliphatic carbocycles. The Kier molecular flexibility index (Phi) is 9.15. The lowest BCUT2D eigenvalue weighted by molar-refractivity contribution is -0.122. The molecular weight excluding hydrogens is 286 g/mol. The first-order valence-corrected chi connectivity index (χ1v) is 9.13. The van der Waals surface area contributed by atoms with Gasteiger partial charge in [-0.15, -0.1) is 0 Å². The molecule has 2 rings (SSSR count). The summed E-state index contributed by atoms with van der Waals surface area (Å²) >= 11 is 0. The lowest BCUT2D eigenvalue weighted by Crippen LogP contribution is -2.30. The Balaban J connectivity index is 0.000000253. The monoisotopic (exact) mass is 321 g/mol. The van der Waals surface area contributed by atoms with Gasteiger partial charge in [0.25, 0.3) is 0 Å².